The quantitative estimate of drug-likeness (QED) is 0.230. The summed E-state index contributed by atoms with van der Waals surface area (Å²) in [6.07, 6.45) is 3.40. The van der Waals surface area contributed by atoms with E-state index in [-0.39, 0.29) is 0 Å². The van der Waals surface area contributed by atoms with Gasteiger partial charge in [-0.15, -0.1) is 0 Å². The molecule has 4 aromatic rings. The number of ether oxygens (including phenoxy) is 1. The largest absolute Gasteiger partial charge is 0.494 e. The van der Waals surface area contributed by atoms with E-state index in [1.54, 1.807) is 21.0 Å². The van der Waals surface area contributed by atoms with Crippen molar-refractivity contribution in [2.24, 2.45) is 7.05 Å². The molecule has 38 heavy (non-hydrogen) atoms. The molecule has 0 aliphatic rings. The van der Waals surface area contributed by atoms with Crippen LogP contribution in [0.4, 0.5) is 34.6 Å². The number of hydrogen-bond donors (Lipinski definition) is 4. The molecule has 0 amide bonds. The summed E-state index contributed by atoms with van der Waals surface area (Å²) in [5, 5.41) is 18.3. The fourth-order valence-electron chi connectivity index (χ4n) is 4.24. The van der Waals surface area contributed by atoms with Crippen molar-refractivity contribution in [2.75, 3.05) is 62.6 Å². The second-order valence-corrected chi connectivity index (χ2v) is 10.2. The first kappa shape index (κ1) is 27.0. The van der Waals surface area contributed by atoms with Gasteiger partial charge in [-0.05, 0) is 52.2 Å². The summed E-state index contributed by atoms with van der Waals surface area (Å²) in [6.45, 7) is 5.21. The second-order valence-electron chi connectivity index (χ2n) is 10.2. The first-order valence-electron chi connectivity index (χ1n) is 12.3. The van der Waals surface area contributed by atoms with Crippen molar-refractivity contribution < 1.29 is 9.84 Å². The highest BCUT2D eigenvalue weighted by atomic mass is 16.5. The molecule has 2 aromatic heterocycles. The van der Waals surface area contributed by atoms with Gasteiger partial charge in [0, 0.05) is 61.6 Å². The molecule has 0 atom stereocenters. The Balaban J connectivity index is 1.61. The van der Waals surface area contributed by atoms with Gasteiger partial charge in [0.1, 0.15) is 12.1 Å². The number of hydrogen-bond acceptors (Lipinski definition) is 10. The molecule has 0 saturated heterocycles. The van der Waals surface area contributed by atoms with Crippen LogP contribution in [0, 0.1) is 0 Å². The van der Waals surface area contributed by atoms with Crippen LogP contribution in [-0.2, 0) is 12.6 Å². The third-order valence-electron chi connectivity index (χ3n) is 6.39. The maximum absolute atomic E-state index is 10.8. The lowest BCUT2D eigenvalue weighted by molar-refractivity contribution is 0.0795. The summed E-state index contributed by atoms with van der Waals surface area (Å²) in [6, 6.07) is 9.69. The topological polar surface area (TPSA) is 130 Å². The minimum atomic E-state index is -1.08. The molecule has 11 nitrogen and oxygen atoms in total. The number of aryl methyl sites for hydroxylation is 1. The van der Waals surface area contributed by atoms with Gasteiger partial charge in [-0.1, -0.05) is 0 Å². The van der Waals surface area contributed by atoms with Crippen molar-refractivity contribution in [1.82, 2.24) is 24.4 Å². The Kier molecular flexibility index (Phi) is 7.61. The van der Waals surface area contributed by atoms with Crippen molar-refractivity contribution in [3.8, 4) is 5.75 Å². The normalized spacial score (nSPS) is 11.7. The summed E-state index contributed by atoms with van der Waals surface area (Å²) < 4.78 is 7.66. The standard InChI is InChI=1S/C27H37N9O2/c1-27(2,37)18-13-22-17(8-9-35(22)5)12-20(18)31-25-29-16-30-26(33-25)32-21-14-19(28)23(15-24(21)38-7)36(6)11-10-34(3)4/h8-9,12-16,37H,10-11,28H2,1-7H3,(H2,29,30,31,32,33). The van der Waals surface area contributed by atoms with Crippen LogP contribution < -0.4 is 26.0 Å². The number of aliphatic hydroxyl groups is 1. The molecular formula is C27H37N9O2. The number of nitrogens with zero attached hydrogens (tertiary/aromatic N) is 6. The second kappa shape index (κ2) is 10.7. The average molecular weight is 520 g/mol. The summed E-state index contributed by atoms with van der Waals surface area (Å²) >= 11 is 0. The molecule has 11 heteroatoms. The number of aromatic nitrogens is 4. The van der Waals surface area contributed by atoms with Crippen LogP contribution in [0.15, 0.2) is 42.9 Å². The molecule has 5 N–H and O–H groups in total. The Hall–Kier alpha value is -4.09. The number of likely N-dealkylation sites (N-methyl/N-ethyl adjacent to an activating group) is 2. The molecule has 0 radical (unpaired) electrons. The molecule has 2 aromatic carbocycles. The smallest absolute Gasteiger partial charge is 0.232 e. The van der Waals surface area contributed by atoms with Gasteiger partial charge in [-0.2, -0.15) is 4.98 Å². The molecule has 0 aliphatic carbocycles. The van der Waals surface area contributed by atoms with Crippen LogP contribution >= 0.6 is 0 Å². The van der Waals surface area contributed by atoms with Crippen LogP contribution in [0.1, 0.15) is 19.4 Å². The van der Waals surface area contributed by atoms with Crippen LogP contribution in [0.3, 0.4) is 0 Å². The summed E-state index contributed by atoms with van der Waals surface area (Å²) in [7, 11) is 9.66. The van der Waals surface area contributed by atoms with E-state index in [0.717, 1.165) is 35.2 Å². The van der Waals surface area contributed by atoms with E-state index in [1.165, 1.54) is 6.33 Å². The van der Waals surface area contributed by atoms with Crippen LogP contribution in [0.5, 0.6) is 5.75 Å². The van der Waals surface area contributed by atoms with E-state index < -0.39 is 5.60 Å². The van der Waals surface area contributed by atoms with Crippen LogP contribution in [0.2, 0.25) is 0 Å². The predicted octanol–water partition coefficient (Wildman–Crippen LogP) is 3.67. The Morgan fingerprint density at radius 1 is 1.03 bits per heavy atom. The molecule has 0 saturated carbocycles. The van der Waals surface area contributed by atoms with E-state index in [1.807, 2.05) is 69.3 Å². The van der Waals surface area contributed by atoms with Gasteiger partial charge in [0.25, 0.3) is 0 Å². The molecule has 0 fully saturated rings. The maximum atomic E-state index is 10.8. The highest BCUT2D eigenvalue weighted by Gasteiger charge is 2.22. The van der Waals surface area contributed by atoms with Gasteiger partial charge < -0.3 is 40.6 Å². The third kappa shape index (κ3) is 5.90. The Bertz CT molecular complexity index is 1430. The number of methoxy groups -OCH3 is 1. The molecule has 0 bridgehead atoms. The molecule has 202 valence electrons. The van der Waals surface area contributed by atoms with Gasteiger partial charge in [-0.25, -0.2) is 9.97 Å². The first-order valence-corrected chi connectivity index (χ1v) is 12.3. The molecule has 0 spiro atoms. The number of benzene rings is 2. The zero-order valence-corrected chi connectivity index (χ0v) is 23.1. The van der Waals surface area contributed by atoms with Crippen molar-refractivity contribution in [2.45, 2.75) is 19.4 Å². The number of nitrogen functional groups attached to an aromatic ring is 1. The number of rotatable bonds is 10. The van der Waals surface area contributed by atoms with E-state index >= 15 is 0 Å². The van der Waals surface area contributed by atoms with Crippen LogP contribution in [-0.4, -0.2) is 70.9 Å². The number of nitrogens with one attached hydrogen (secondary N) is 2. The Morgan fingerprint density at radius 2 is 1.71 bits per heavy atom. The molecule has 2 heterocycles. The molecule has 0 unspecified atom stereocenters. The van der Waals surface area contributed by atoms with Gasteiger partial charge in [0.05, 0.1) is 29.8 Å². The van der Waals surface area contributed by atoms with Crippen LogP contribution in [0.25, 0.3) is 10.9 Å². The molecular weight excluding hydrogens is 482 g/mol. The van der Waals surface area contributed by atoms with E-state index in [2.05, 4.69) is 35.4 Å². The maximum Gasteiger partial charge on any atom is 0.232 e. The van der Waals surface area contributed by atoms with Gasteiger partial charge in [0.2, 0.25) is 11.9 Å². The zero-order valence-electron chi connectivity index (χ0n) is 23.1. The van der Waals surface area contributed by atoms with Crippen molar-refractivity contribution >= 4 is 45.5 Å². The average Bonchev–Trinajstić information content (AvgIpc) is 3.21. The summed E-state index contributed by atoms with van der Waals surface area (Å²) in [4.78, 5) is 17.3. The van der Waals surface area contributed by atoms with Gasteiger partial charge in [0.15, 0.2) is 0 Å². The lowest BCUT2D eigenvalue weighted by atomic mass is 9.95. The number of anilines is 6. The van der Waals surface area contributed by atoms with Crippen molar-refractivity contribution in [3.05, 3.63) is 48.4 Å². The SMILES string of the molecule is COc1cc(N(C)CCN(C)C)c(N)cc1Nc1ncnc(Nc2cc3ccn(C)c3cc2C(C)(C)O)n1. The first-order chi connectivity index (χ1) is 18.0. The Labute approximate surface area is 223 Å². The van der Waals surface area contributed by atoms with E-state index in [0.29, 0.717) is 34.7 Å². The van der Waals surface area contributed by atoms with E-state index in [4.69, 9.17) is 10.5 Å². The van der Waals surface area contributed by atoms with Crippen molar-refractivity contribution in [3.63, 3.8) is 0 Å². The van der Waals surface area contributed by atoms with E-state index in [9.17, 15) is 5.11 Å². The summed E-state index contributed by atoms with van der Waals surface area (Å²) in [5.41, 5.74) is 9.89. The predicted molar refractivity (Wildman–Crippen MR) is 154 cm³/mol. The fraction of sp³-hybridized carbons (Fsp3) is 0.370. The highest BCUT2D eigenvalue weighted by molar-refractivity contribution is 5.87. The molecule has 0 aliphatic heterocycles. The highest BCUT2D eigenvalue weighted by Crippen LogP contribution is 2.37. The zero-order chi connectivity index (χ0) is 27.6. The minimum absolute atomic E-state index is 0.319. The number of fused-ring (bicyclic) bond motifs is 1. The Morgan fingerprint density at radius 3 is 2.34 bits per heavy atom. The lowest BCUT2D eigenvalue weighted by Crippen LogP contribution is -2.29. The van der Waals surface area contributed by atoms with Gasteiger partial charge in [-0.3, -0.25) is 0 Å². The van der Waals surface area contributed by atoms with Crippen molar-refractivity contribution in [1.29, 1.82) is 0 Å². The number of nitrogens with two attached hydrogens (primary N) is 1. The monoisotopic (exact) mass is 519 g/mol. The van der Waals surface area contributed by atoms with Gasteiger partial charge >= 0.3 is 0 Å². The molecule has 4 rings (SSSR count). The lowest BCUT2D eigenvalue weighted by Gasteiger charge is -2.24. The summed E-state index contributed by atoms with van der Waals surface area (Å²) in [5.74, 6) is 1.26. The fourth-order valence-corrected chi connectivity index (χ4v) is 4.24. The third-order valence-corrected chi connectivity index (χ3v) is 6.39. The minimum Gasteiger partial charge on any atom is -0.494 e.